The van der Waals surface area contributed by atoms with E-state index in [4.69, 9.17) is 0 Å². The topological polar surface area (TPSA) is 65.5 Å². The molecule has 1 amide bonds. The van der Waals surface area contributed by atoms with Crippen molar-refractivity contribution in [2.24, 2.45) is 4.99 Å². The van der Waals surface area contributed by atoms with Gasteiger partial charge in [-0.3, -0.25) is 4.79 Å². The Hall–Kier alpha value is -2.04. The normalized spacial score (nSPS) is 11.1. The third kappa shape index (κ3) is 6.29. The van der Waals surface area contributed by atoms with Gasteiger partial charge >= 0.3 is 0 Å². The molecule has 0 heterocycles. The molecule has 1 aromatic rings. The molecule has 0 spiro atoms. The maximum absolute atomic E-state index is 11.6. The first-order chi connectivity index (χ1) is 10.2. The van der Waals surface area contributed by atoms with Crippen molar-refractivity contribution in [1.82, 2.24) is 16.0 Å². The zero-order valence-electron chi connectivity index (χ0n) is 13.2. The van der Waals surface area contributed by atoms with E-state index in [1.165, 1.54) is 0 Å². The van der Waals surface area contributed by atoms with Crippen molar-refractivity contribution in [2.45, 2.75) is 33.2 Å². The van der Waals surface area contributed by atoms with Crippen LogP contribution in [0.4, 0.5) is 0 Å². The Morgan fingerprint density at radius 3 is 2.71 bits per heavy atom. The van der Waals surface area contributed by atoms with Crippen LogP contribution in [-0.2, 0) is 6.54 Å². The predicted octanol–water partition coefficient (Wildman–Crippen LogP) is 1.90. The molecule has 1 aromatic carbocycles. The van der Waals surface area contributed by atoms with E-state index < -0.39 is 0 Å². The average Bonchev–Trinajstić information content (AvgIpc) is 2.52. The van der Waals surface area contributed by atoms with E-state index in [1.807, 2.05) is 25.1 Å². The highest BCUT2D eigenvalue weighted by Gasteiger charge is 2.03. The Morgan fingerprint density at radius 1 is 1.24 bits per heavy atom. The van der Waals surface area contributed by atoms with E-state index in [0.717, 1.165) is 37.5 Å². The maximum Gasteiger partial charge on any atom is 0.251 e. The summed E-state index contributed by atoms with van der Waals surface area (Å²) in [6.07, 6.45) is 2.27. The quantitative estimate of drug-likeness (QED) is 0.408. The Kier molecular flexibility index (Phi) is 7.94. The van der Waals surface area contributed by atoms with Gasteiger partial charge in [-0.05, 0) is 31.0 Å². The molecule has 0 aromatic heterocycles. The Bertz CT molecular complexity index is 471. The van der Waals surface area contributed by atoms with Gasteiger partial charge in [-0.15, -0.1) is 0 Å². The number of carbonyl (C=O) groups is 1. The number of guanidine groups is 1. The van der Waals surface area contributed by atoms with Crippen LogP contribution in [0.2, 0.25) is 0 Å². The molecule has 0 fully saturated rings. The summed E-state index contributed by atoms with van der Waals surface area (Å²) in [6, 6.07) is 7.53. The van der Waals surface area contributed by atoms with Crippen LogP contribution in [0.15, 0.2) is 29.3 Å². The molecule has 3 N–H and O–H groups in total. The lowest BCUT2D eigenvalue weighted by atomic mass is 10.1. The predicted molar refractivity (Wildman–Crippen MR) is 87.6 cm³/mol. The second kappa shape index (κ2) is 9.80. The van der Waals surface area contributed by atoms with Gasteiger partial charge in [0.25, 0.3) is 5.91 Å². The molecule has 116 valence electrons. The molecule has 5 nitrogen and oxygen atoms in total. The lowest BCUT2D eigenvalue weighted by Crippen LogP contribution is -2.37. The van der Waals surface area contributed by atoms with E-state index in [-0.39, 0.29) is 5.91 Å². The summed E-state index contributed by atoms with van der Waals surface area (Å²) in [5.74, 6) is 0.741. The number of carbonyl (C=O) groups excluding carboxylic acids is 1. The van der Waals surface area contributed by atoms with Crippen LogP contribution >= 0.6 is 0 Å². The minimum Gasteiger partial charge on any atom is -0.357 e. The first kappa shape index (κ1) is 17.0. The van der Waals surface area contributed by atoms with Gasteiger partial charge in [0.05, 0.1) is 6.54 Å². The lowest BCUT2D eigenvalue weighted by molar-refractivity contribution is 0.0963. The summed E-state index contributed by atoms with van der Waals surface area (Å²) in [5, 5.41) is 9.15. The third-order valence-electron chi connectivity index (χ3n) is 3.00. The molecule has 0 unspecified atom stereocenters. The number of rotatable bonds is 7. The van der Waals surface area contributed by atoms with Gasteiger partial charge in [0.15, 0.2) is 5.96 Å². The third-order valence-corrected chi connectivity index (χ3v) is 3.00. The zero-order chi connectivity index (χ0) is 15.5. The van der Waals surface area contributed by atoms with E-state index in [2.05, 4.69) is 27.9 Å². The molecule has 0 aliphatic heterocycles. The standard InChI is InChI=1S/C16H26N4O/c1-4-6-10-19-16(18-5-2)20-12-13-8-7-9-14(11-13)15(21)17-3/h7-9,11H,4-6,10,12H2,1-3H3,(H,17,21)(H2,18,19,20). The number of hydrogen-bond donors (Lipinski definition) is 3. The van der Waals surface area contributed by atoms with Crippen molar-refractivity contribution >= 4 is 11.9 Å². The van der Waals surface area contributed by atoms with Gasteiger partial charge in [-0.1, -0.05) is 25.5 Å². The second-order valence-corrected chi connectivity index (χ2v) is 4.75. The highest BCUT2D eigenvalue weighted by molar-refractivity contribution is 5.94. The number of nitrogens with one attached hydrogen (secondary N) is 3. The summed E-state index contributed by atoms with van der Waals surface area (Å²) in [4.78, 5) is 16.2. The van der Waals surface area contributed by atoms with Crippen LogP contribution in [0.3, 0.4) is 0 Å². The van der Waals surface area contributed by atoms with Gasteiger partial charge in [0, 0.05) is 25.7 Å². The van der Waals surface area contributed by atoms with Crippen molar-refractivity contribution in [3.05, 3.63) is 35.4 Å². The van der Waals surface area contributed by atoms with Gasteiger partial charge in [0.1, 0.15) is 0 Å². The molecule has 0 saturated carbocycles. The molecule has 0 aliphatic carbocycles. The lowest BCUT2D eigenvalue weighted by Gasteiger charge is -2.11. The van der Waals surface area contributed by atoms with Gasteiger partial charge < -0.3 is 16.0 Å². The molecular formula is C16H26N4O. The summed E-state index contributed by atoms with van der Waals surface area (Å²) in [6.45, 7) is 6.50. The van der Waals surface area contributed by atoms with Crippen LogP contribution in [-0.4, -0.2) is 32.0 Å². The number of benzene rings is 1. The van der Waals surface area contributed by atoms with Crippen LogP contribution in [0, 0.1) is 0 Å². The number of hydrogen-bond acceptors (Lipinski definition) is 2. The van der Waals surface area contributed by atoms with Crippen LogP contribution in [0.1, 0.15) is 42.6 Å². The molecule has 0 aliphatic rings. The van der Waals surface area contributed by atoms with Gasteiger partial charge in [-0.2, -0.15) is 0 Å². The molecule has 0 atom stereocenters. The van der Waals surface area contributed by atoms with Crippen LogP contribution in [0.5, 0.6) is 0 Å². The molecule has 21 heavy (non-hydrogen) atoms. The molecule has 0 saturated heterocycles. The SMILES string of the molecule is CCCCNC(=NCc1cccc(C(=O)NC)c1)NCC. The summed E-state index contributed by atoms with van der Waals surface area (Å²) in [5.41, 5.74) is 1.68. The number of unbranched alkanes of at least 4 members (excludes halogenated alkanes) is 1. The minimum atomic E-state index is -0.0752. The van der Waals surface area contributed by atoms with Crippen LogP contribution < -0.4 is 16.0 Å². The maximum atomic E-state index is 11.6. The first-order valence-electron chi connectivity index (χ1n) is 7.54. The number of aliphatic imine (C=N–C) groups is 1. The Morgan fingerprint density at radius 2 is 2.05 bits per heavy atom. The summed E-state index contributed by atoms with van der Waals surface area (Å²) < 4.78 is 0. The molecule has 0 bridgehead atoms. The van der Waals surface area contributed by atoms with E-state index >= 15 is 0 Å². The fourth-order valence-electron chi connectivity index (χ4n) is 1.85. The monoisotopic (exact) mass is 290 g/mol. The van der Waals surface area contributed by atoms with E-state index in [1.54, 1.807) is 13.1 Å². The fourth-order valence-corrected chi connectivity index (χ4v) is 1.85. The highest BCUT2D eigenvalue weighted by atomic mass is 16.1. The number of amides is 1. The average molecular weight is 290 g/mol. The molecule has 0 radical (unpaired) electrons. The van der Waals surface area contributed by atoms with Crippen molar-refractivity contribution in [1.29, 1.82) is 0 Å². The zero-order valence-corrected chi connectivity index (χ0v) is 13.2. The number of nitrogens with zero attached hydrogens (tertiary/aromatic N) is 1. The summed E-state index contributed by atoms with van der Waals surface area (Å²) in [7, 11) is 1.63. The molecule has 1 rings (SSSR count). The minimum absolute atomic E-state index is 0.0752. The van der Waals surface area contributed by atoms with Gasteiger partial charge in [0.2, 0.25) is 0 Å². The molecular weight excluding hydrogens is 264 g/mol. The van der Waals surface area contributed by atoms with Gasteiger partial charge in [-0.25, -0.2) is 4.99 Å². The smallest absolute Gasteiger partial charge is 0.251 e. The van der Waals surface area contributed by atoms with E-state index in [9.17, 15) is 4.79 Å². The first-order valence-corrected chi connectivity index (χ1v) is 7.54. The Labute approximate surface area is 127 Å². The largest absolute Gasteiger partial charge is 0.357 e. The van der Waals surface area contributed by atoms with Crippen molar-refractivity contribution in [3.63, 3.8) is 0 Å². The van der Waals surface area contributed by atoms with Crippen molar-refractivity contribution < 1.29 is 4.79 Å². The van der Waals surface area contributed by atoms with E-state index in [0.29, 0.717) is 12.1 Å². The summed E-state index contributed by atoms with van der Waals surface area (Å²) >= 11 is 0. The van der Waals surface area contributed by atoms with Crippen molar-refractivity contribution in [3.8, 4) is 0 Å². The fraction of sp³-hybridized carbons (Fsp3) is 0.500. The molecule has 5 heteroatoms. The van der Waals surface area contributed by atoms with Crippen molar-refractivity contribution in [2.75, 3.05) is 20.1 Å². The van der Waals surface area contributed by atoms with Crippen LogP contribution in [0.25, 0.3) is 0 Å². The Balaban J connectivity index is 2.68. The second-order valence-electron chi connectivity index (χ2n) is 4.75. The highest BCUT2D eigenvalue weighted by Crippen LogP contribution is 2.06.